The van der Waals surface area contributed by atoms with Crippen LogP contribution in [0, 0.1) is 10.1 Å². The number of nitrogens with zero attached hydrogens (tertiary/aromatic N) is 2. The molecule has 2 rings (SSSR count). The zero-order chi connectivity index (χ0) is 19.1. The second kappa shape index (κ2) is 8.67. The minimum absolute atomic E-state index is 0.0868. The molecule has 0 aliphatic heterocycles. The van der Waals surface area contributed by atoms with Gasteiger partial charge in [-0.2, -0.15) is 5.10 Å². The van der Waals surface area contributed by atoms with Gasteiger partial charge in [-0.05, 0) is 24.3 Å². The lowest BCUT2D eigenvalue weighted by Crippen LogP contribution is -2.24. The number of benzene rings is 2. The van der Waals surface area contributed by atoms with E-state index in [1.807, 2.05) is 0 Å². The van der Waals surface area contributed by atoms with Crippen LogP contribution in [0.1, 0.15) is 5.56 Å². The van der Waals surface area contributed by atoms with E-state index >= 15 is 0 Å². The number of carbonyl (C=O) groups excluding carboxylic acids is 1. The van der Waals surface area contributed by atoms with E-state index in [1.54, 1.807) is 24.3 Å². The van der Waals surface area contributed by atoms with Crippen molar-refractivity contribution in [3.63, 3.8) is 0 Å². The quantitative estimate of drug-likeness (QED) is 0.432. The van der Waals surface area contributed by atoms with Crippen LogP contribution in [0.15, 0.2) is 41.5 Å². The molecule has 1 amide bonds. The van der Waals surface area contributed by atoms with Gasteiger partial charge in [0.1, 0.15) is 5.75 Å². The van der Waals surface area contributed by atoms with Crippen LogP contribution in [0.25, 0.3) is 0 Å². The highest BCUT2D eigenvalue weighted by Gasteiger charge is 2.19. The van der Waals surface area contributed by atoms with E-state index in [2.05, 4.69) is 10.5 Å². The first kappa shape index (κ1) is 19.0. The van der Waals surface area contributed by atoms with Crippen LogP contribution in [0.4, 0.5) is 5.69 Å². The number of methoxy groups -OCH3 is 1. The van der Waals surface area contributed by atoms with E-state index in [0.29, 0.717) is 10.8 Å². The van der Waals surface area contributed by atoms with Gasteiger partial charge in [0.15, 0.2) is 12.4 Å². The summed E-state index contributed by atoms with van der Waals surface area (Å²) in [4.78, 5) is 21.8. The minimum atomic E-state index is -0.757. The number of halogens is 1. The Hall–Kier alpha value is -3.33. The first-order chi connectivity index (χ1) is 12.4. The van der Waals surface area contributed by atoms with E-state index in [4.69, 9.17) is 21.1 Å². The summed E-state index contributed by atoms with van der Waals surface area (Å²) < 4.78 is 10.1. The molecular weight excluding hydrogens is 366 g/mol. The van der Waals surface area contributed by atoms with E-state index in [9.17, 15) is 20.0 Å². The maximum absolute atomic E-state index is 11.7. The molecule has 0 saturated carbocycles. The molecule has 136 valence electrons. The zero-order valence-electron chi connectivity index (χ0n) is 13.5. The number of hydrogen-bond acceptors (Lipinski definition) is 7. The molecule has 2 aromatic rings. The molecule has 0 bridgehead atoms. The Bertz CT molecular complexity index is 856. The van der Waals surface area contributed by atoms with Crippen molar-refractivity contribution in [2.75, 3.05) is 13.7 Å². The molecule has 10 heteroatoms. The Morgan fingerprint density at radius 1 is 1.42 bits per heavy atom. The summed E-state index contributed by atoms with van der Waals surface area (Å²) in [6.07, 6.45) is 1.17. The Morgan fingerprint density at radius 2 is 2.19 bits per heavy atom. The molecule has 0 heterocycles. The van der Waals surface area contributed by atoms with Crippen LogP contribution in [-0.4, -0.2) is 35.9 Å². The molecule has 0 spiro atoms. The van der Waals surface area contributed by atoms with Crippen LogP contribution < -0.4 is 14.9 Å². The number of carbonyl (C=O) groups is 1. The number of rotatable bonds is 7. The Morgan fingerprint density at radius 3 is 2.85 bits per heavy atom. The number of nitro groups is 1. The van der Waals surface area contributed by atoms with Crippen LogP contribution >= 0.6 is 11.6 Å². The predicted molar refractivity (Wildman–Crippen MR) is 94.0 cm³/mol. The van der Waals surface area contributed by atoms with Gasteiger partial charge in [-0.15, -0.1) is 0 Å². The molecule has 0 aliphatic carbocycles. The van der Waals surface area contributed by atoms with Crippen LogP contribution in [0.3, 0.4) is 0 Å². The molecule has 26 heavy (non-hydrogen) atoms. The lowest BCUT2D eigenvalue weighted by molar-refractivity contribution is -0.386. The highest BCUT2D eigenvalue weighted by atomic mass is 35.5. The lowest BCUT2D eigenvalue weighted by atomic mass is 10.2. The molecule has 0 atom stereocenters. The first-order valence-corrected chi connectivity index (χ1v) is 7.54. The van der Waals surface area contributed by atoms with Crippen molar-refractivity contribution >= 4 is 29.4 Å². The topological polar surface area (TPSA) is 123 Å². The smallest absolute Gasteiger partial charge is 0.315 e. The standard InChI is InChI=1S/C16H14ClN3O6/c1-25-14-6-10(5-13(16(14)22)20(23)24)8-18-19-15(21)9-26-12-4-2-3-11(17)7-12/h2-8,22H,9H2,1H3,(H,19,21). The second-order valence-corrected chi connectivity index (χ2v) is 5.32. The van der Waals surface area contributed by atoms with Gasteiger partial charge < -0.3 is 14.6 Å². The van der Waals surface area contributed by atoms with Crippen LogP contribution in [-0.2, 0) is 4.79 Å². The summed E-state index contributed by atoms with van der Waals surface area (Å²) in [6, 6.07) is 8.98. The fourth-order valence-corrected chi connectivity index (χ4v) is 2.08. The van der Waals surface area contributed by atoms with Crippen molar-refractivity contribution in [1.82, 2.24) is 5.43 Å². The summed E-state index contributed by atoms with van der Waals surface area (Å²) in [5.41, 5.74) is 1.93. The molecule has 2 N–H and O–H groups in total. The highest BCUT2D eigenvalue weighted by Crippen LogP contribution is 2.36. The predicted octanol–water partition coefficient (Wildman–Crippen LogP) is 2.49. The third kappa shape index (κ3) is 5.08. The fraction of sp³-hybridized carbons (Fsp3) is 0.125. The molecule has 0 saturated heterocycles. The number of amides is 1. The van der Waals surface area contributed by atoms with E-state index in [-0.39, 0.29) is 17.9 Å². The third-order valence-electron chi connectivity index (χ3n) is 3.06. The summed E-state index contributed by atoms with van der Waals surface area (Å²) in [5, 5.41) is 24.8. The molecule has 0 radical (unpaired) electrons. The zero-order valence-corrected chi connectivity index (χ0v) is 14.3. The minimum Gasteiger partial charge on any atom is -0.500 e. The van der Waals surface area contributed by atoms with Gasteiger partial charge in [0.25, 0.3) is 5.91 Å². The van der Waals surface area contributed by atoms with Crippen molar-refractivity contribution in [1.29, 1.82) is 0 Å². The van der Waals surface area contributed by atoms with Gasteiger partial charge in [0.2, 0.25) is 5.75 Å². The van der Waals surface area contributed by atoms with Crippen LogP contribution in [0.2, 0.25) is 5.02 Å². The average Bonchev–Trinajstić information content (AvgIpc) is 2.61. The van der Waals surface area contributed by atoms with Crippen molar-refractivity contribution < 1.29 is 24.3 Å². The van der Waals surface area contributed by atoms with Crippen molar-refractivity contribution in [3.8, 4) is 17.2 Å². The Kier molecular flexibility index (Phi) is 6.34. The SMILES string of the molecule is COc1cc(C=NNC(=O)COc2cccc(Cl)c2)cc([N+](=O)[O-])c1O. The summed E-state index contributed by atoms with van der Waals surface area (Å²) in [5.74, 6) is -0.790. The summed E-state index contributed by atoms with van der Waals surface area (Å²) >= 11 is 5.80. The molecular formula is C16H14ClN3O6. The van der Waals surface area contributed by atoms with Gasteiger partial charge in [0.05, 0.1) is 18.2 Å². The van der Waals surface area contributed by atoms with Crippen molar-refractivity contribution in [3.05, 3.63) is 57.1 Å². The monoisotopic (exact) mass is 379 g/mol. The van der Waals surface area contributed by atoms with E-state index in [0.717, 1.165) is 6.07 Å². The number of hydrazone groups is 1. The Balaban J connectivity index is 1.98. The van der Waals surface area contributed by atoms with Crippen molar-refractivity contribution in [2.24, 2.45) is 5.10 Å². The van der Waals surface area contributed by atoms with Gasteiger partial charge in [-0.25, -0.2) is 5.43 Å². The summed E-state index contributed by atoms with van der Waals surface area (Å²) in [6.45, 7) is -0.295. The average molecular weight is 380 g/mol. The number of hydrogen-bond donors (Lipinski definition) is 2. The van der Waals surface area contributed by atoms with Gasteiger partial charge >= 0.3 is 5.69 Å². The number of ether oxygens (including phenoxy) is 2. The number of aromatic hydroxyl groups is 1. The molecule has 0 unspecified atom stereocenters. The van der Waals surface area contributed by atoms with Crippen molar-refractivity contribution in [2.45, 2.75) is 0 Å². The normalized spacial score (nSPS) is 10.5. The maximum atomic E-state index is 11.7. The lowest BCUT2D eigenvalue weighted by Gasteiger charge is -2.06. The Labute approximate surface area is 153 Å². The largest absolute Gasteiger partial charge is 0.500 e. The second-order valence-electron chi connectivity index (χ2n) is 4.89. The fourth-order valence-electron chi connectivity index (χ4n) is 1.90. The molecule has 0 aromatic heterocycles. The van der Waals surface area contributed by atoms with Gasteiger partial charge in [0, 0.05) is 16.7 Å². The van der Waals surface area contributed by atoms with Crippen LogP contribution in [0.5, 0.6) is 17.2 Å². The van der Waals surface area contributed by atoms with E-state index < -0.39 is 22.3 Å². The van der Waals surface area contributed by atoms with E-state index in [1.165, 1.54) is 19.4 Å². The third-order valence-corrected chi connectivity index (χ3v) is 3.30. The van der Waals surface area contributed by atoms with Gasteiger partial charge in [-0.3, -0.25) is 14.9 Å². The molecule has 2 aromatic carbocycles. The van der Waals surface area contributed by atoms with Gasteiger partial charge in [-0.1, -0.05) is 17.7 Å². The molecule has 0 fully saturated rings. The number of nitro benzene ring substituents is 1. The molecule has 0 aliphatic rings. The first-order valence-electron chi connectivity index (χ1n) is 7.16. The highest BCUT2D eigenvalue weighted by molar-refractivity contribution is 6.30. The molecule has 9 nitrogen and oxygen atoms in total. The maximum Gasteiger partial charge on any atom is 0.315 e. The number of nitrogens with one attached hydrogen (secondary N) is 1. The number of phenols is 1. The number of phenolic OH excluding ortho intramolecular Hbond substituents is 1. The summed E-state index contributed by atoms with van der Waals surface area (Å²) in [7, 11) is 1.26.